The molecule has 7 nitrogen and oxygen atoms in total. The van der Waals surface area contributed by atoms with Crippen LogP contribution >= 0.6 is 0 Å². The Morgan fingerprint density at radius 3 is 2.48 bits per heavy atom. The number of anilines is 2. The van der Waals surface area contributed by atoms with E-state index in [9.17, 15) is 10.1 Å². The van der Waals surface area contributed by atoms with Crippen LogP contribution in [-0.2, 0) is 9.53 Å². The first kappa shape index (κ1) is 20.2. The maximum atomic E-state index is 12.5. The topological polar surface area (TPSA) is 83.8 Å². The highest BCUT2D eigenvalue weighted by molar-refractivity contribution is 6.09. The summed E-state index contributed by atoms with van der Waals surface area (Å²) >= 11 is 0. The van der Waals surface area contributed by atoms with E-state index in [1.165, 1.54) is 6.08 Å². The molecule has 29 heavy (non-hydrogen) atoms. The molecule has 0 bridgehead atoms. The standard InChI is InChI=1S/C22H23N3O4/c1-27-20-7-4-18(5-8-20)24-22(26)17(15-23)13-16-3-6-19(14-21(16)28-2)25-9-11-29-12-10-25/h3-8,13-14H,9-12H2,1-2H3,(H,24,26)/b17-13-. The number of rotatable bonds is 6. The van der Waals surface area contributed by atoms with Gasteiger partial charge in [0.15, 0.2) is 0 Å². The Morgan fingerprint density at radius 2 is 1.86 bits per heavy atom. The predicted octanol–water partition coefficient (Wildman–Crippen LogP) is 3.09. The van der Waals surface area contributed by atoms with E-state index in [2.05, 4.69) is 10.2 Å². The number of benzene rings is 2. The van der Waals surface area contributed by atoms with E-state index in [4.69, 9.17) is 14.2 Å². The van der Waals surface area contributed by atoms with Gasteiger partial charge in [-0.05, 0) is 42.5 Å². The quantitative estimate of drug-likeness (QED) is 0.600. The number of methoxy groups -OCH3 is 2. The highest BCUT2D eigenvalue weighted by atomic mass is 16.5. The van der Waals surface area contributed by atoms with Crippen molar-refractivity contribution in [2.24, 2.45) is 0 Å². The van der Waals surface area contributed by atoms with Crippen molar-refractivity contribution in [3.05, 3.63) is 53.6 Å². The van der Waals surface area contributed by atoms with Gasteiger partial charge in [-0.15, -0.1) is 0 Å². The second kappa shape index (κ2) is 9.62. The van der Waals surface area contributed by atoms with Gasteiger partial charge in [-0.25, -0.2) is 0 Å². The first-order valence-corrected chi connectivity index (χ1v) is 9.22. The van der Waals surface area contributed by atoms with Crippen molar-refractivity contribution < 1.29 is 19.0 Å². The van der Waals surface area contributed by atoms with Crippen LogP contribution in [0.1, 0.15) is 5.56 Å². The molecule has 1 amide bonds. The van der Waals surface area contributed by atoms with Gasteiger partial charge in [0.1, 0.15) is 23.1 Å². The molecule has 7 heteroatoms. The van der Waals surface area contributed by atoms with Crippen molar-refractivity contribution in [2.75, 3.05) is 50.7 Å². The molecule has 150 valence electrons. The summed E-state index contributed by atoms with van der Waals surface area (Å²) in [6, 6.07) is 14.6. The monoisotopic (exact) mass is 393 g/mol. The molecule has 3 rings (SSSR count). The van der Waals surface area contributed by atoms with Crippen LogP contribution in [0.2, 0.25) is 0 Å². The number of carbonyl (C=O) groups excluding carboxylic acids is 1. The molecule has 1 heterocycles. The van der Waals surface area contributed by atoms with Crippen molar-refractivity contribution >= 4 is 23.4 Å². The molecule has 1 aliphatic rings. The minimum absolute atomic E-state index is 0.0155. The fourth-order valence-corrected chi connectivity index (χ4v) is 3.01. The maximum Gasteiger partial charge on any atom is 0.266 e. The summed E-state index contributed by atoms with van der Waals surface area (Å²) < 4.78 is 16.0. The Labute approximate surface area is 170 Å². The number of nitriles is 1. The fraction of sp³-hybridized carbons (Fsp3) is 0.273. The largest absolute Gasteiger partial charge is 0.497 e. The van der Waals surface area contributed by atoms with Crippen LogP contribution in [0.3, 0.4) is 0 Å². The lowest BCUT2D eigenvalue weighted by Crippen LogP contribution is -2.36. The molecule has 0 aliphatic carbocycles. The highest BCUT2D eigenvalue weighted by Crippen LogP contribution is 2.28. The third-order valence-electron chi connectivity index (χ3n) is 4.61. The number of morpholine rings is 1. The van der Waals surface area contributed by atoms with Gasteiger partial charge < -0.3 is 24.4 Å². The van der Waals surface area contributed by atoms with E-state index in [1.807, 2.05) is 24.3 Å². The summed E-state index contributed by atoms with van der Waals surface area (Å²) in [4.78, 5) is 14.7. The van der Waals surface area contributed by atoms with Crippen molar-refractivity contribution in [1.82, 2.24) is 0 Å². The summed E-state index contributed by atoms with van der Waals surface area (Å²) in [5, 5.41) is 12.2. The van der Waals surface area contributed by atoms with Gasteiger partial charge in [0.2, 0.25) is 0 Å². The van der Waals surface area contributed by atoms with Crippen molar-refractivity contribution in [3.8, 4) is 17.6 Å². The van der Waals surface area contributed by atoms with Crippen molar-refractivity contribution in [3.63, 3.8) is 0 Å². The number of hydrogen-bond donors (Lipinski definition) is 1. The summed E-state index contributed by atoms with van der Waals surface area (Å²) in [6.45, 7) is 3.00. The Morgan fingerprint density at radius 1 is 1.14 bits per heavy atom. The summed E-state index contributed by atoms with van der Waals surface area (Å²) in [7, 11) is 3.14. The number of ether oxygens (including phenoxy) is 3. The van der Waals surface area contributed by atoms with E-state index in [0.717, 1.165) is 18.8 Å². The van der Waals surface area contributed by atoms with Crippen LogP contribution in [0.5, 0.6) is 11.5 Å². The van der Waals surface area contributed by atoms with E-state index in [-0.39, 0.29) is 5.57 Å². The zero-order valence-corrected chi connectivity index (χ0v) is 16.5. The van der Waals surface area contributed by atoms with E-state index < -0.39 is 5.91 Å². The highest BCUT2D eigenvalue weighted by Gasteiger charge is 2.15. The molecule has 0 unspecified atom stereocenters. The van der Waals surface area contributed by atoms with Gasteiger partial charge in [0.25, 0.3) is 5.91 Å². The van der Waals surface area contributed by atoms with Crippen LogP contribution in [0.25, 0.3) is 6.08 Å². The molecule has 0 atom stereocenters. The van der Waals surface area contributed by atoms with Gasteiger partial charge in [-0.2, -0.15) is 5.26 Å². The molecule has 0 aromatic heterocycles. The SMILES string of the molecule is COc1ccc(NC(=O)/C(C#N)=C\c2ccc(N3CCOCC3)cc2OC)cc1. The predicted molar refractivity (Wildman–Crippen MR) is 111 cm³/mol. The van der Waals surface area contributed by atoms with Gasteiger partial charge in [-0.3, -0.25) is 4.79 Å². The summed E-state index contributed by atoms with van der Waals surface area (Å²) in [6.07, 6.45) is 1.53. The number of hydrogen-bond acceptors (Lipinski definition) is 6. The average molecular weight is 393 g/mol. The second-order valence-electron chi connectivity index (χ2n) is 6.38. The van der Waals surface area contributed by atoms with Gasteiger partial charge in [0.05, 0.1) is 27.4 Å². The van der Waals surface area contributed by atoms with Crippen molar-refractivity contribution in [1.29, 1.82) is 5.26 Å². The lowest BCUT2D eigenvalue weighted by molar-refractivity contribution is -0.112. The molecule has 2 aromatic carbocycles. The number of carbonyl (C=O) groups is 1. The molecular weight excluding hydrogens is 370 g/mol. The zero-order chi connectivity index (χ0) is 20.6. The van der Waals surface area contributed by atoms with Gasteiger partial charge in [0, 0.05) is 36.1 Å². The Hall–Kier alpha value is -3.50. The van der Waals surface area contributed by atoms with Crippen LogP contribution in [0.4, 0.5) is 11.4 Å². The third-order valence-corrected chi connectivity index (χ3v) is 4.61. The van der Waals surface area contributed by atoms with Crippen molar-refractivity contribution in [2.45, 2.75) is 0 Å². The third kappa shape index (κ3) is 5.06. The molecule has 0 spiro atoms. The second-order valence-corrected chi connectivity index (χ2v) is 6.38. The first-order chi connectivity index (χ1) is 14.1. The molecule has 2 aromatic rings. The molecule has 0 saturated carbocycles. The number of nitrogens with one attached hydrogen (secondary N) is 1. The molecule has 1 N–H and O–H groups in total. The molecule has 1 saturated heterocycles. The Balaban J connectivity index is 1.79. The minimum atomic E-state index is -0.489. The van der Waals surface area contributed by atoms with Crippen LogP contribution in [0, 0.1) is 11.3 Å². The molecule has 0 radical (unpaired) electrons. The molecule has 1 aliphatic heterocycles. The van der Waals surface area contributed by atoms with Gasteiger partial charge in [-0.1, -0.05) is 0 Å². The minimum Gasteiger partial charge on any atom is -0.497 e. The van der Waals surface area contributed by atoms with Crippen LogP contribution in [0.15, 0.2) is 48.0 Å². The summed E-state index contributed by atoms with van der Waals surface area (Å²) in [5.74, 6) is 0.792. The lowest BCUT2D eigenvalue weighted by Gasteiger charge is -2.29. The lowest BCUT2D eigenvalue weighted by atomic mass is 10.1. The normalized spacial score (nSPS) is 14.1. The molecule has 1 fully saturated rings. The van der Waals surface area contributed by atoms with E-state index in [0.29, 0.717) is 36.0 Å². The van der Waals surface area contributed by atoms with E-state index >= 15 is 0 Å². The Kier molecular flexibility index (Phi) is 6.72. The maximum absolute atomic E-state index is 12.5. The van der Waals surface area contributed by atoms with Crippen LogP contribution in [-0.4, -0.2) is 46.4 Å². The average Bonchev–Trinajstić information content (AvgIpc) is 2.78. The first-order valence-electron chi connectivity index (χ1n) is 9.22. The molecular formula is C22H23N3O4. The summed E-state index contributed by atoms with van der Waals surface area (Å²) in [5.41, 5.74) is 2.24. The smallest absolute Gasteiger partial charge is 0.266 e. The fourth-order valence-electron chi connectivity index (χ4n) is 3.01. The zero-order valence-electron chi connectivity index (χ0n) is 16.5. The van der Waals surface area contributed by atoms with Gasteiger partial charge >= 0.3 is 0 Å². The number of amides is 1. The van der Waals surface area contributed by atoms with Crippen LogP contribution < -0.4 is 19.7 Å². The Bertz CT molecular complexity index is 926. The van der Waals surface area contributed by atoms with E-state index in [1.54, 1.807) is 38.5 Å². The number of nitrogens with zero attached hydrogens (tertiary/aromatic N) is 2.